The molecule has 2 N–H and O–H groups in total. The Balaban J connectivity index is 1.54. The van der Waals surface area contributed by atoms with Gasteiger partial charge < -0.3 is 24.9 Å². The third kappa shape index (κ3) is 9.04. The van der Waals surface area contributed by atoms with E-state index in [1.807, 2.05) is 20.8 Å². The van der Waals surface area contributed by atoms with Gasteiger partial charge in [0.25, 0.3) is 5.91 Å². The van der Waals surface area contributed by atoms with Crippen molar-refractivity contribution in [3.8, 4) is 0 Å². The predicted octanol–water partition coefficient (Wildman–Crippen LogP) is 3.09. The minimum atomic E-state index is -1.34. The zero-order chi connectivity index (χ0) is 29.3. The lowest BCUT2D eigenvalue weighted by atomic mass is 9.92. The molecule has 11 nitrogen and oxygen atoms in total. The zero-order valence-electron chi connectivity index (χ0n) is 23.7. The van der Waals surface area contributed by atoms with Gasteiger partial charge in [0.2, 0.25) is 5.91 Å². The number of carbonyl (C=O) groups is 5. The predicted molar refractivity (Wildman–Crippen MR) is 147 cm³/mol. The minimum absolute atomic E-state index is 0.0926. The van der Waals surface area contributed by atoms with Crippen molar-refractivity contribution < 1.29 is 33.8 Å². The third-order valence-electron chi connectivity index (χ3n) is 7.24. The summed E-state index contributed by atoms with van der Waals surface area (Å²) in [6.07, 6.45) is 3.91. The standard InChI is InChI=1S/C29H42N4O7/c1-29(2,3)40-28(39)31-17-13-21(14-18-31)11-12-25(35)30-23-10-7-16-32(20-23)33(24(15-19-34)27(37)38)26(36)22-8-5-4-6-9-22/h4-6,8-9,19,21,23-24H,7,10-18,20H2,1-3H3,(H,30,35)(H,37,38)/t23?,24-/m0/s1. The van der Waals surface area contributed by atoms with Crippen LogP contribution >= 0.6 is 0 Å². The number of rotatable bonds is 10. The van der Waals surface area contributed by atoms with Gasteiger partial charge in [-0.05, 0) is 70.9 Å². The number of carboxylic acid groups (broad SMARTS) is 1. The van der Waals surface area contributed by atoms with Crippen LogP contribution in [0.1, 0.15) is 76.1 Å². The molecule has 2 saturated heterocycles. The summed E-state index contributed by atoms with van der Waals surface area (Å²) in [5, 5.41) is 15.7. The van der Waals surface area contributed by atoms with Crippen LogP contribution in [0.5, 0.6) is 0 Å². The van der Waals surface area contributed by atoms with E-state index in [1.165, 1.54) is 5.01 Å². The monoisotopic (exact) mass is 558 g/mol. The fraction of sp³-hybridized carbons (Fsp3) is 0.621. The molecule has 2 fully saturated rings. The largest absolute Gasteiger partial charge is 0.480 e. The highest BCUT2D eigenvalue weighted by molar-refractivity contribution is 5.96. The first-order valence-corrected chi connectivity index (χ1v) is 14.1. The number of carbonyl (C=O) groups excluding carboxylic acids is 4. The van der Waals surface area contributed by atoms with Gasteiger partial charge in [0, 0.05) is 50.6 Å². The summed E-state index contributed by atoms with van der Waals surface area (Å²) in [5.74, 6) is -1.52. The number of nitrogens with zero attached hydrogens (tertiary/aromatic N) is 3. The van der Waals surface area contributed by atoms with Crippen LogP contribution < -0.4 is 5.32 Å². The first-order chi connectivity index (χ1) is 19.0. The number of ether oxygens (including phenoxy) is 1. The van der Waals surface area contributed by atoms with Crippen LogP contribution in [-0.2, 0) is 19.1 Å². The van der Waals surface area contributed by atoms with Crippen LogP contribution in [0.15, 0.2) is 30.3 Å². The molecule has 0 radical (unpaired) electrons. The Labute approximate surface area is 235 Å². The second-order valence-electron chi connectivity index (χ2n) is 11.5. The van der Waals surface area contributed by atoms with E-state index in [0.29, 0.717) is 63.1 Å². The molecule has 2 atom stereocenters. The number of hydrazine groups is 1. The highest BCUT2D eigenvalue weighted by Crippen LogP contribution is 2.24. The van der Waals surface area contributed by atoms with Crippen LogP contribution in [0.3, 0.4) is 0 Å². The third-order valence-corrected chi connectivity index (χ3v) is 7.24. The molecular weight excluding hydrogens is 516 g/mol. The average molecular weight is 559 g/mol. The van der Waals surface area contributed by atoms with Crippen molar-refractivity contribution in [3.63, 3.8) is 0 Å². The van der Waals surface area contributed by atoms with Crippen LogP contribution in [-0.4, -0.2) is 94.1 Å². The van der Waals surface area contributed by atoms with Gasteiger partial charge in [0.15, 0.2) is 6.04 Å². The number of aliphatic carboxylic acids is 1. The summed E-state index contributed by atoms with van der Waals surface area (Å²) in [7, 11) is 0. The van der Waals surface area contributed by atoms with Gasteiger partial charge >= 0.3 is 12.1 Å². The van der Waals surface area contributed by atoms with Crippen LogP contribution in [0.4, 0.5) is 4.79 Å². The van der Waals surface area contributed by atoms with Gasteiger partial charge in [-0.25, -0.2) is 14.6 Å². The number of aldehydes is 1. The molecule has 1 unspecified atom stereocenters. The Morgan fingerprint density at radius 2 is 1.77 bits per heavy atom. The van der Waals surface area contributed by atoms with E-state index < -0.39 is 23.5 Å². The van der Waals surface area contributed by atoms with Crippen molar-refractivity contribution in [1.82, 2.24) is 20.2 Å². The van der Waals surface area contributed by atoms with E-state index in [1.54, 1.807) is 40.2 Å². The number of carboxylic acids is 1. The van der Waals surface area contributed by atoms with Gasteiger partial charge in [-0.15, -0.1) is 0 Å². The van der Waals surface area contributed by atoms with Crippen molar-refractivity contribution in [3.05, 3.63) is 35.9 Å². The maximum atomic E-state index is 13.4. The van der Waals surface area contributed by atoms with Crippen molar-refractivity contribution in [1.29, 1.82) is 0 Å². The van der Waals surface area contributed by atoms with Crippen LogP contribution in [0.2, 0.25) is 0 Å². The van der Waals surface area contributed by atoms with Crippen LogP contribution in [0, 0.1) is 5.92 Å². The molecule has 0 bridgehead atoms. The Morgan fingerprint density at radius 1 is 1.10 bits per heavy atom. The van der Waals surface area contributed by atoms with Gasteiger partial charge in [0.05, 0.1) is 0 Å². The number of benzene rings is 1. The molecule has 0 saturated carbocycles. The van der Waals surface area contributed by atoms with Crippen molar-refractivity contribution in [2.45, 2.75) is 83.4 Å². The van der Waals surface area contributed by atoms with E-state index in [4.69, 9.17) is 4.74 Å². The molecule has 1 aromatic carbocycles. The lowest BCUT2D eigenvalue weighted by Gasteiger charge is -2.42. The summed E-state index contributed by atoms with van der Waals surface area (Å²) >= 11 is 0. The van der Waals surface area contributed by atoms with Crippen molar-refractivity contribution in [2.24, 2.45) is 5.92 Å². The van der Waals surface area contributed by atoms with Gasteiger partial charge in [-0.2, -0.15) is 0 Å². The quantitative estimate of drug-likeness (QED) is 0.418. The molecular formula is C29H42N4O7. The van der Waals surface area contributed by atoms with Crippen molar-refractivity contribution >= 4 is 30.2 Å². The fourth-order valence-corrected chi connectivity index (χ4v) is 5.21. The molecule has 3 amide bonds. The molecule has 0 spiro atoms. The SMILES string of the molecule is CC(C)(C)OC(=O)N1CCC(CCC(=O)NC2CCCN(N(C(=O)c3ccccc3)[C@@H](CC=O)C(=O)O)C2)CC1. The molecule has 1 aromatic rings. The maximum Gasteiger partial charge on any atom is 0.410 e. The molecule has 2 aliphatic rings. The number of likely N-dealkylation sites (tertiary alicyclic amines) is 1. The maximum absolute atomic E-state index is 13.4. The average Bonchev–Trinajstić information content (AvgIpc) is 2.91. The summed E-state index contributed by atoms with van der Waals surface area (Å²) in [4.78, 5) is 63.5. The fourth-order valence-electron chi connectivity index (χ4n) is 5.21. The normalized spacial score (nSPS) is 19.4. The van der Waals surface area contributed by atoms with E-state index in [0.717, 1.165) is 12.8 Å². The first-order valence-electron chi connectivity index (χ1n) is 14.1. The molecule has 2 heterocycles. The molecule has 220 valence electrons. The molecule has 0 aliphatic carbocycles. The smallest absolute Gasteiger partial charge is 0.410 e. The molecule has 2 aliphatic heterocycles. The van der Waals surface area contributed by atoms with E-state index in [2.05, 4.69) is 5.32 Å². The number of amides is 3. The Kier molecular flexibility index (Phi) is 11.1. The molecule has 0 aromatic heterocycles. The van der Waals surface area contributed by atoms with Crippen molar-refractivity contribution in [2.75, 3.05) is 26.2 Å². The van der Waals surface area contributed by atoms with E-state index >= 15 is 0 Å². The van der Waals surface area contributed by atoms with Crippen LogP contribution in [0.25, 0.3) is 0 Å². The summed E-state index contributed by atoms with van der Waals surface area (Å²) in [6.45, 7) is 7.44. The first kappa shape index (κ1) is 31.1. The van der Waals surface area contributed by atoms with Gasteiger partial charge in [0.1, 0.15) is 11.9 Å². The Bertz CT molecular complexity index is 1030. The second kappa shape index (κ2) is 14.2. The highest BCUT2D eigenvalue weighted by atomic mass is 16.6. The minimum Gasteiger partial charge on any atom is -0.480 e. The highest BCUT2D eigenvalue weighted by Gasteiger charge is 2.37. The van der Waals surface area contributed by atoms with Gasteiger partial charge in [-0.1, -0.05) is 18.2 Å². The number of piperidine rings is 2. The lowest BCUT2D eigenvalue weighted by molar-refractivity contribution is -0.152. The summed E-state index contributed by atoms with van der Waals surface area (Å²) in [5.41, 5.74) is -0.209. The Morgan fingerprint density at radius 3 is 2.38 bits per heavy atom. The topological polar surface area (TPSA) is 137 Å². The number of nitrogens with one attached hydrogen (secondary N) is 1. The molecule has 11 heteroatoms. The molecule has 40 heavy (non-hydrogen) atoms. The number of hydrogen-bond acceptors (Lipinski definition) is 7. The summed E-state index contributed by atoms with van der Waals surface area (Å²) < 4.78 is 5.45. The zero-order valence-corrected chi connectivity index (χ0v) is 23.7. The lowest BCUT2D eigenvalue weighted by Crippen LogP contribution is -2.60. The number of hydrogen-bond donors (Lipinski definition) is 2. The van der Waals surface area contributed by atoms with Gasteiger partial charge in [-0.3, -0.25) is 14.6 Å². The summed E-state index contributed by atoms with van der Waals surface area (Å²) in [6, 6.07) is 6.77. The van der Waals surface area contributed by atoms with E-state index in [9.17, 15) is 29.1 Å². The Hall–Kier alpha value is -3.47. The second-order valence-corrected chi connectivity index (χ2v) is 11.5. The van der Waals surface area contributed by atoms with E-state index in [-0.39, 0.29) is 31.0 Å². The molecule has 3 rings (SSSR count).